The molecule has 2 heterocycles. The van der Waals surface area contributed by atoms with Gasteiger partial charge in [-0.2, -0.15) is 5.26 Å². The van der Waals surface area contributed by atoms with E-state index in [4.69, 9.17) is 34.8 Å². The van der Waals surface area contributed by atoms with Crippen LogP contribution < -0.4 is 5.32 Å². The Morgan fingerprint density at radius 2 is 1.92 bits per heavy atom. The molecule has 1 aliphatic heterocycles. The van der Waals surface area contributed by atoms with Crippen LogP contribution in [0.4, 0.5) is 13.6 Å². The van der Waals surface area contributed by atoms with Crippen molar-refractivity contribution in [1.82, 2.24) is 15.2 Å². The molecule has 1 saturated heterocycles. The first-order chi connectivity index (χ1) is 18.4. The molecule has 1 aromatic heterocycles. The number of nitrogens with one attached hydrogen (secondary N) is 1. The first-order valence-corrected chi connectivity index (χ1v) is 13.5. The monoisotopic (exact) mass is 590 g/mol. The molecule has 4 rings (SSSR count). The SMILES string of the molecule is CC(C)(C)C[C@@H]1CN(C(=O)NCc2ccc(Cl)nc2)[C@H](c2cccc(Cl)c2F)[C@@]1(C#N)c1ccc(Cl)cc1F. The van der Waals surface area contributed by atoms with Crippen molar-refractivity contribution in [2.75, 3.05) is 6.54 Å². The molecule has 2 amide bonds. The van der Waals surface area contributed by atoms with Gasteiger partial charge in [-0.3, -0.25) is 0 Å². The van der Waals surface area contributed by atoms with Crippen LogP contribution in [0.2, 0.25) is 15.2 Å². The zero-order valence-electron chi connectivity index (χ0n) is 21.6. The van der Waals surface area contributed by atoms with Crippen molar-refractivity contribution in [3.8, 4) is 6.07 Å². The minimum atomic E-state index is -1.65. The molecule has 1 fully saturated rings. The largest absolute Gasteiger partial charge is 0.334 e. The summed E-state index contributed by atoms with van der Waals surface area (Å²) in [5.41, 5.74) is -1.18. The van der Waals surface area contributed by atoms with Crippen molar-refractivity contribution in [3.63, 3.8) is 0 Å². The van der Waals surface area contributed by atoms with Crippen LogP contribution in [0.15, 0.2) is 54.7 Å². The van der Waals surface area contributed by atoms with Crippen LogP contribution in [-0.2, 0) is 12.0 Å². The fourth-order valence-corrected chi connectivity index (χ4v) is 5.91. The van der Waals surface area contributed by atoms with Gasteiger partial charge in [0.25, 0.3) is 0 Å². The topological polar surface area (TPSA) is 69.0 Å². The van der Waals surface area contributed by atoms with E-state index in [1.54, 1.807) is 18.2 Å². The molecule has 2 aromatic carbocycles. The first-order valence-electron chi connectivity index (χ1n) is 12.3. The zero-order valence-corrected chi connectivity index (χ0v) is 23.9. The second kappa shape index (κ2) is 11.3. The van der Waals surface area contributed by atoms with Crippen LogP contribution >= 0.6 is 34.8 Å². The number of nitrogens with zero attached hydrogens (tertiary/aromatic N) is 3. The van der Waals surface area contributed by atoms with Gasteiger partial charge in [-0.05, 0) is 41.7 Å². The van der Waals surface area contributed by atoms with Gasteiger partial charge in [0.05, 0.1) is 17.1 Å². The minimum Gasteiger partial charge on any atom is -0.334 e. The van der Waals surface area contributed by atoms with E-state index >= 15 is 8.78 Å². The summed E-state index contributed by atoms with van der Waals surface area (Å²) in [6, 6.07) is 12.4. The Labute approximate surface area is 241 Å². The van der Waals surface area contributed by atoms with Crippen LogP contribution in [0.1, 0.15) is 49.9 Å². The molecule has 204 valence electrons. The van der Waals surface area contributed by atoms with E-state index in [-0.39, 0.29) is 39.7 Å². The van der Waals surface area contributed by atoms with Gasteiger partial charge in [-0.15, -0.1) is 0 Å². The second-order valence-corrected chi connectivity index (χ2v) is 12.1. The summed E-state index contributed by atoms with van der Waals surface area (Å²) < 4.78 is 31.3. The molecule has 0 spiro atoms. The molecule has 1 N–H and O–H groups in total. The van der Waals surface area contributed by atoms with Crippen LogP contribution in [0, 0.1) is 34.3 Å². The highest BCUT2D eigenvalue weighted by Gasteiger charge is 2.60. The smallest absolute Gasteiger partial charge is 0.318 e. The average molecular weight is 592 g/mol. The second-order valence-electron chi connectivity index (χ2n) is 10.9. The molecule has 0 bridgehead atoms. The molecule has 0 radical (unpaired) electrons. The summed E-state index contributed by atoms with van der Waals surface area (Å²) in [7, 11) is 0. The number of carbonyl (C=O) groups is 1. The lowest BCUT2D eigenvalue weighted by Crippen LogP contribution is -2.44. The first kappa shape index (κ1) is 29.1. The summed E-state index contributed by atoms with van der Waals surface area (Å²) in [6.45, 7) is 6.19. The van der Waals surface area contributed by atoms with Gasteiger partial charge in [-0.1, -0.05) is 79.8 Å². The number of likely N-dealkylation sites (tertiary alicyclic amines) is 1. The zero-order chi connectivity index (χ0) is 28.5. The van der Waals surface area contributed by atoms with Gasteiger partial charge >= 0.3 is 6.03 Å². The number of rotatable bonds is 5. The van der Waals surface area contributed by atoms with Crippen molar-refractivity contribution in [1.29, 1.82) is 5.26 Å². The van der Waals surface area contributed by atoms with Crippen LogP contribution in [-0.4, -0.2) is 22.5 Å². The molecule has 3 atom stereocenters. The van der Waals surface area contributed by atoms with E-state index in [1.165, 1.54) is 35.4 Å². The number of benzene rings is 2. The lowest BCUT2D eigenvalue weighted by atomic mass is 9.63. The Balaban J connectivity index is 1.89. The summed E-state index contributed by atoms with van der Waals surface area (Å²) in [4.78, 5) is 19.2. The van der Waals surface area contributed by atoms with E-state index in [1.807, 2.05) is 20.8 Å². The summed E-state index contributed by atoms with van der Waals surface area (Å²) in [5, 5.41) is 14.0. The number of carbonyl (C=O) groups excluding carboxylic acids is 1. The Hall–Kier alpha value is -2.92. The maximum Gasteiger partial charge on any atom is 0.318 e. The molecular weight excluding hydrogens is 565 g/mol. The van der Waals surface area contributed by atoms with Crippen molar-refractivity contribution in [2.24, 2.45) is 11.3 Å². The maximum absolute atomic E-state index is 15.7. The van der Waals surface area contributed by atoms with Gasteiger partial charge in [0.15, 0.2) is 0 Å². The lowest BCUT2D eigenvalue weighted by molar-refractivity contribution is 0.184. The van der Waals surface area contributed by atoms with Crippen molar-refractivity contribution in [2.45, 2.75) is 45.2 Å². The van der Waals surface area contributed by atoms with E-state index in [0.717, 1.165) is 6.07 Å². The van der Waals surface area contributed by atoms with Gasteiger partial charge in [0.1, 0.15) is 22.2 Å². The summed E-state index contributed by atoms with van der Waals surface area (Å²) in [5.74, 6) is -2.02. The summed E-state index contributed by atoms with van der Waals surface area (Å²) >= 11 is 18.1. The van der Waals surface area contributed by atoms with Crippen molar-refractivity contribution < 1.29 is 13.6 Å². The van der Waals surface area contributed by atoms with E-state index in [2.05, 4.69) is 16.4 Å². The molecule has 0 aliphatic carbocycles. The number of hydrogen-bond donors (Lipinski definition) is 1. The number of aromatic nitrogens is 1. The summed E-state index contributed by atoms with van der Waals surface area (Å²) in [6.07, 6.45) is 1.98. The molecule has 5 nitrogen and oxygen atoms in total. The molecular formula is C29H27Cl3F2N4O. The normalized spacial score (nSPS) is 21.1. The number of pyridine rings is 1. The highest BCUT2D eigenvalue weighted by molar-refractivity contribution is 6.31. The van der Waals surface area contributed by atoms with Crippen molar-refractivity contribution in [3.05, 3.63) is 98.3 Å². The van der Waals surface area contributed by atoms with Gasteiger partial charge in [-0.25, -0.2) is 18.6 Å². The van der Waals surface area contributed by atoms with Crippen LogP contribution in [0.25, 0.3) is 0 Å². The van der Waals surface area contributed by atoms with Gasteiger partial charge in [0, 0.05) is 41.4 Å². The van der Waals surface area contributed by atoms with E-state index in [9.17, 15) is 10.1 Å². The quantitative estimate of drug-likeness (QED) is 0.305. The average Bonchev–Trinajstić information content (AvgIpc) is 3.18. The van der Waals surface area contributed by atoms with Gasteiger partial charge < -0.3 is 10.2 Å². The number of amides is 2. The van der Waals surface area contributed by atoms with Crippen molar-refractivity contribution >= 4 is 40.8 Å². The third-order valence-corrected chi connectivity index (χ3v) is 7.74. The fourth-order valence-electron chi connectivity index (χ4n) is 5.46. The Morgan fingerprint density at radius 3 is 2.54 bits per heavy atom. The highest BCUT2D eigenvalue weighted by Crippen LogP contribution is 2.56. The number of urea groups is 1. The number of nitriles is 1. The predicted octanol–water partition coefficient (Wildman–Crippen LogP) is 8.10. The molecule has 1 aliphatic rings. The number of hydrogen-bond acceptors (Lipinski definition) is 3. The van der Waals surface area contributed by atoms with Gasteiger partial charge in [0.2, 0.25) is 0 Å². The van der Waals surface area contributed by atoms with Crippen LogP contribution in [0.3, 0.4) is 0 Å². The maximum atomic E-state index is 15.7. The molecule has 10 heteroatoms. The molecule has 39 heavy (non-hydrogen) atoms. The van der Waals surface area contributed by atoms with E-state index in [0.29, 0.717) is 17.1 Å². The fraction of sp³-hybridized carbons (Fsp3) is 0.345. The molecule has 0 unspecified atom stereocenters. The standard InChI is InChI=1S/C29H27Cl3F2N4O/c1-28(2,3)12-18-15-38(27(39)37-14-17-7-10-24(32)36-13-17)26(20-5-4-6-22(31)25(20)34)29(18,16-35)21-9-8-19(30)11-23(21)33/h4-11,13,18,26H,12,14-15H2,1-3H3,(H,37,39)/t18-,26-,29-/m1/s1. The Morgan fingerprint density at radius 1 is 1.18 bits per heavy atom. The minimum absolute atomic E-state index is 0.0260. The Bertz CT molecular complexity index is 1420. The Kier molecular flexibility index (Phi) is 8.41. The third kappa shape index (κ3) is 5.84. The van der Waals surface area contributed by atoms with Crippen LogP contribution in [0.5, 0.6) is 0 Å². The predicted molar refractivity (Wildman–Crippen MR) is 149 cm³/mol. The van der Waals surface area contributed by atoms with E-state index < -0.39 is 35.0 Å². The third-order valence-electron chi connectivity index (χ3n) is 6.99. The molecule has 0 saturated carbocycles. The highest BCUT2D eigenvalue weighted by atomic mass is 35.5. The lowest BCUT2D eigenvalue weighted by Gasteiger charge is -2.38. The molecule has 3 aromatic rings. The number of halogens is 5.